The highest BCUT2D eigenvalue weighted by Gasteiger charge is 2.05. The second-order valence-corrected chi connectivity index (χ2v) is 4.31. The molecule has 3 heteroatoms. The van der Waals surface area contributed by atoms with Crippen LogP contribution in [0.2, 0.25) is 0 Å². The molecule has 0 saturated heterocycles. The van der Waals surface area contributed by atoms with Crippen molar-refractivity contribution in [1.82, 2.24) is 0 Å². The third kappa shape index (κ3) is 3.84. The van der Waals surface area contributed by atoms with E-state index in [4.69, 9.17) is 15.7 Å². The summed E-state index contributed by atoms with van der Waals surface area (Å²) in [5.74, 6) is 0.803. The van der Waals surface area contributed by atoms with Crippen molar-refractivity contribution < 1.29 is 4.74 Å². The van der Waals surface area contributed by atoms with E-state index in [0.717, 1.165) is 16.9 Å². The van der Waals surface area contributed by atoms with Crippen LogP contribution in [0.3, 0.4) is 0 Å². The van der Waals surface area contributed by atoms with Crippen molar-refractivity contribution in [3.8, 4) is 11.8 Å². The summed E-state index contributed by atoms with van der Waals surface area (Å²) in [6.07, 6.45) is 0.324. The van der Waals surface area contributed by atoms with Crippen LogP contribution in [0.15, 0.2) is 54.6 Å². The van der Waals surface area contributed by atoms with Gasteiger partial charge in [0.25, 0.3) is 0 Å². The van der Waals surface area contributed by atoms with Gasteiger partial charge in [0.2, 0.25) is 0 Å². The van der Waals surface area contributed by atoms with E-state index in [2.05, 4.69) is 6.07 Å². The maximum Gasteiger partial charge on any atom is 0.119 e. The molecule has 1 atom stereocenters. The van der Waals surface area contributed by atoms with E-state index in [-0.39, 0.29) is 6.04 Å². The predicted octanol–water partition coefficient (Wildman–Crippen LogP) is 3.18. The van der Waals surface area contributed by atoms with Gasteiger partial charge in [-0.25, -0.2) is 0 Å². The van der Waals surface area contributed by atoms with E-state index in [1.54, 1.807) is 0 Å². The molecule has 19 heavy (non-hydrogen) atoms. The molecule has 2 aromatic rings. The van der Waals surface area contributed by atoms with Gasteiger partial charge in [-0.2, -0.15) is 5.26 Å². The van der Waals surface area contributed by atoms with Gasteiger partial charge in [0.15, 0.2) is 0 Å². The third-order valence-electron chi connectivity index (χ3n) is 2.87. The average Bonchev–Trinajstić information content (AvgIpc) is 2.47. The van der Waals surface area contributed by atoms with Gasteiger partial charge >= 0.3 is 0 Å². The standard InChI is InChI=1S/C16H16N2O/c17-11-10-16(18)14-6-8-15(9-7-14)19-12-13-4-2-1-3-5-13/h1-9,16H,10,12,18H2/t16-/m0/s1. The van der Waals surface area contributed by atoms with Crippen molar-refractivity contribution in [2.75, 3.05) is 0 Å². The molecule has 0 aromatic heterocycles. The molecule has 0 fully saturated rings. The molecule has 0 amide bonds. The first kappa shape index (κ1) is 13.1. The van der Waals surface area contributed by atoms with Crippen LogP contribution in [0, 0.1) is 11.3 Å². The first-order chi connectivity index (χ1) is 9.29. The van der Waals surface area contributed by atoms with Gasteiger partial charge in [0.1, 0.15) is 12.4 Å². The van der Waals surface area contributed by atoms with Crippen LogP contribution >= 0.6 is 0 Å². The van der Waals surface area contributed by atoms with Gasteiger partial charge in [0.05, 0.1) is 12.5 Å². The molecule has 0 aliphatic carbocycles. The Morgan fingerprint density at radius 2 is 1.74 bits per heavy atom. The van der Waals surface area contributed by atoms with Crippen LogP contribution in [-0.4, -0.2) is 0 Å². The fourth-order valence-corrected chi connectivity index (χ4v) is 1.77. The van der Waals surface area contributed by atoms with Gasteiger partial charge in [-0.3, -0.25) is 0 Å². The highest BCUT2D eigenvalue weighted by atomic mass is 16.5. The van der Waals surface area contributed by atoms with E-state index in [1.165, 1.54) is 0 Å². The molecular weight excluding hydrogens is 236 g/mol. The molecule has 0 heterocycles. The minimum absolute atomic E-state index is 0.229. The molecule has 0 aliphatic heterocycles. The smallest absolute Gasteiger partial charge is 0.119 e. The summed E-state index contributed by atoms with van der Waals surface area (Å²) >= 11 is 0. The van der Waals surface area contributed by atoms with Crippen molar-refractivity contribution in [3.63, 3.8) is 0 Å². The van der Waals surface area contributed by atoms with Gasteiger partial charge < -0.3 is 10.5 Å². The summed E-state index contributed by atoms with van der Waals surface area (Å²) in [4.78, 5) is 0. The van der Waals surface area contributed by atoms with E-state index in [1.807, 2.05) is 54.6 Å². The molecular formula is C16H16N2O. The number of hydrogen-bond donors (Lipinski definition) is 1. The zero-order chi connectivity index (χ0) is 13.5. The number of nitrogens with two attached hydrogens (primary N) is 1. The Hall–Kier alpha value is -2.31. The largest absolute Gasteiger partial charge is 0.489 e. The van der Waals surface area contributed by atoms with E-state index in [9.17, 15) is 0 Å². The number of benzene rings is 2. The lowest BCUT2D eigenvalue weighted by molar-refractivity contribution is 0.306. The summed E-state index contributed by atoms with van der Waals surface area (Å²) in [6, 6.07) is 19.4. The zero-order valence-corrected chi connectivity index (χ0v) is 10.6. The maximum absolute atomic E-state index is 8.61. The second-order valence-electron chi connectivity index (χ2n) is 4.31. The fourth-order valence-electron chi connectivity index (χ4n) is 1.77. The number of nitriles is 1. The molecule has 3 nitrogen and oxygen atoms in total. The summed E-state index contributed by atoms with van der Waals surface area (Å²) in [6.45, 7) is 0.546. The highest BCUT2D eigenvalue weighted by Crippen LogP contribution is 2.19. The Labute approximate surface area is 113 Å². The topological polar surface area (TPSA) is 59.0 Å². The molecule has 2 N–H and O–H groups in total. The quantitative estimate of drug-likeness (QED) is 0.889. The molecule has 96 valence electrons. The molecule has 0 spiro atoms. The predicted molar refractivity (Wildman–Crippen MR) is 74.4 cm³/mol. The lowest BCUT2D eigenvalue weighted by Crippen LogP contribution is -2.08. The Balaban J connectivity index is 1.94. The molecule has 0 aliphatic rings. The van der Waals surface area contributed by atoms with E-state index < -0.39 is 0 Å². The Kier molecular flexibility index (Phi) is 4.54. The van der Waals surface area contributed by atoms with Crippen LogP contribution < -0.4 is 10.5 Å². The van der Waals surface area contributed by atoms with Crippen LogP contribution in [-0.2, 0) is 6.61 Å². The fraction of sp³-hybridized carbons (Fsp3) is 0.188. The van der Waals surface area contributed by atoms with E-state index >= 15 is 0 Å². The van der Waals surface area contributed by atoms with Crippen LogP contribution in [0.5, 0.6) is 5.75 Å². The monoisotopic (exact) mass is 252 g/mol. The van der Waals surface area contributed by atoms with Gasteiger partial charge in [0, 0.05) is 6.04 Å². The summed E-state index contributed by atoms with van der Waals surface area (Å²) in [7, 11) is 0. The van der Waals surface area contributed by atoms with Gasteiger partial charge in [-0.15, -0.1) is 0 Å². The third-order valence-corrected chi connectivity index (χ3v) is 2.87. The SMILES string of the molecule is N#CC[C@H](N)c1ccc(OCc2ccccc2)cc1. The number of hydrogen-bond acceptors (Lipinski definition) is 3. The summed E-state index contributed by atoms with van der Waals surface area (Å²) in [5, 5.41) is 8.61. The van der Waals surface area contributed by atoms with Gasteiger partial charge in [-0.1, -0.05) is 42.5 Å². The normalized spacial score (nSPS) is 11.6. The van der Waals surface area contributed by atoms with Crippen LogP contribution in [0.1, 0.15) is 23.6 Å². The average molecular weight is 252 g/mol. The lowest BCUT2D eigenvalue weighted by Gasteiger charge is -2.10. The maximum atomic E-state index is 8.61. The van der Waals surface area contributed by atoms with Crippen molar-refractivity contribution in [2.45, 2.75) is 19.1 Å². The van der Waals surface area contributed by atoms with Crippen LogP contribution in [0.4, 0.5) is 0 Å². The van der Waals surface area contributed by atoms with E-state index in [0.29, 0.717) is 13.0 Å². The minimum Gasteiger partial charge on any atom is -0.489 e. The first-order valence-electron chi connectivity index (χ1n) is 6.19. The summed E-state index contributed by atoms with van der Waals surface area (Å²) in [5.41, 5.74) is 7.94. The molecule has 2 aromatic carbocycles. The minimum atomic E-state index is -0.229. The number of rotatable bonds is 5. The first-order valence-corrected chi connectivity index (χ1v) is 6.19. The zero-order valence-electron chi connectivity index (χ0n) is 10.6. The highest BCUT2D eigenvalue weighted by molar-refractivity contribution is 5.29. The second kappa shape index (κ2) is 6.58. The Bertz CT molecular complexity index is 543. The van der Waals surface area contributed by atoms with Crippen molar-refractivity contribution >= 4 is 0 Å². The van der Waals surface area contributed by atoms with Crippen molar-refractivity contribution in [1.29, 1.82) is 5.26 Å². The molecule has 0 bridgehead atoms. The molecule has 0 saturated carbocycles. The Morgan fingerprint density at radius 3 is 2.37 bits per heavy atom. The van der Waals surface area contributed by atoms with Gasteiger partial charge in [-0.05, 0) is 23.3 Å². The molecule has 2 rings (SSSR count). The Morgan fingerprint density at radius 1 is 1.05 bits per heavy atom. The van der Waals surface area contributed by atoms with Crippen molar-refractivity contribution in [3.05, 3.63) is 65.7 Å². The van der Waals surface area contributed by atoms with Crippen molar-refractivity contribution in [2.24, 2.45) is 5.73 Å². The molecule has 0 unspecified atom stereocenters. The summed E-state index contributed by atoms with van der Waals surface area (Å²) < 4.78 is 5.68. The number of nitrogens with zero attached hydrogens (tertiary/aromatic N) is 1. The van der Waals surface area contributed by atoms with Crippen LogP contribution in [0.25, 0.3) is 0 Å². The molecule has 0 radical (unpaired) electrons. The number of ether oxygens (including phenoxy) is 1. The lowest BCUT2D eigenvalue weighted by atomic mass is 10.1.